The molecule has 3 aromatic rings. The molecule has 0 unspecified atom stereocenters. The van der Waals surface area contributed by atoms with Crippen molar-refractivity contribution < 1.29 is 9.53 Å². The van der Waals surface area contributed by atoms with E-state index in [0.717, 1.165) is 12.1 Å². The molecule has 3 aromatic carbocycles. The molecule has 0 aromatic heterocycles. The van der Waals surface area contributed by atoms with Gasteiger partial charge in [-0.1, -0.05) is 36.4 Å². The molecule has 0 saturated carbocycles. The van der Waals surface area contributed by atoms with E-state index in [9.17, 15) is 4.79 Å². The van der Waals surface area contributed by atoms with Gasteiger partial charge in [-0.25, -0.2) is 0 Å². The van der Waals surface area contributed by atoms with E-state index in [1.54, 1.807) is 18.2 Å². The smallest absolute Gasteiger partial charge is 0.257 e. The lowest BCUT2D eigenvalue weighted by Crippen LogP contribution is -2.34. The van der Waals surface area contributed by atoms with Gasteiger partial charge in [-0.2, -0.15) is 0 Å². The third-order valence-electron chi connectivity index (χ3n) is 4.69. The van der Waals surface area contributed by atoms with Gasteiger partial charge in [0.1, 0.15) is 5.75 Å². The lowest BCUT2D eigenvalue weighted by molar-refractivity contribution is 0.0977. The van der Waals surface area contributed by atoms with Gasteiger partial charge in [0.05, 0.1) is 6.61 Å². The number of ether oxygens (including phenoxy) is 1. The highest BCUT2D eigenvalue weighted by molar-refractivity contribution is 7.80. The van der Waals surface area contributed by atoms with Gasteiger partial charge in [0, 0.05) is 11.3 Å². The number of hydrogen-bond acceptors (Lipinski definition) is 3. The molecule has 140 valence electrons. The molecular formula is C23H20N2O2S. The molecule has 0 bridgehead atoms. The Hall–Kier alpha value is -3.18. The average molecular weight is 388 g/mol. The number of amides is 1. The van der Waals surface area contributed by atoms with Crippen molar-refractivity contribution in [1.82, 2.24) is 5.32 Å². The molecule has 0 radical (unpaired) electrons. The summed E-state index contributed by atoms with van der Waals surface area (Å²) in [5, 5.41) is 6.10. The maximum atomic E-state index is 12.4. The SMILES string of the molecule is CCOc1cccc(C(=O)NC(=S)Nc2ccc3c(c2)Cc2ccccc2-3)c1. The number of carbonyl (C=O) groups is 1. The van der Waals surface area contributed by atoms with Gasteiger partial charge in [0.25, 0.3) is 5.91 Å². The standard InChI is InChI=1S/C23H20N2O2S/c1-2-27-19-8-5-7-16(14-19)22(26)25-23(28)24-18-10-11-21-17(13-18)12-15-6-3-4-9-20(15)21/h3-11,13-14H,2,12H2,1H3,(H2,24,25,26,28). The fourth-order valence-corrected chi connectivity index (χ4v) is 3.66. The van der Waals surface area contributed by atoms with Crippen LogP contribution in [0.4, 0.5) is 5.69 Å². The van der Waals surface area contributed by atoms with Crippen LogP contribution in [-0.2, 0) is 6.42 Å². The van der Waals surface area contributed by atoms with Crippen LogP contribution in [0, 0.1) is 0 Å². The summed E-state index contributed by atoms with van der Waals surface area (Å²) in [5.41, 5.74) is 6.49. The molecule has 0 atom stereocenters. The van der Waals surface area contributed by atoms with Gasteiger partial charge in [0.15, 0.2) is 5.11 Å². The van der Waals surface area contributed by atoms with Gasteiger partial charge in [-0.3, -0.25) is 10.1 Å². The molecule has 0 aliphatic heterocycles. The summed E-state index contributed by atoms with van der Waals surface area (Å²) in [7, 11) is 0. The highest BCUT2D eigenvalue weighted by atomic mass is 32.1. The van der Waals surface area contributed by atoms with Crippen molar-refractivity contribution in [3.8, 4) is 16.9 Å². The zero-order chi connectivity index (χ0) is 19.5. The summed E-state index contributed by atoms with van der Waals surface area (Å²) in [6.07, 6.45) is 0.907. The lowest BCUT2D eigenvalue weighted by Gasteiger charge is -2.11. The molecule has 4 rings (SSSR count). The van der Waals surface area contributed by atoms with Crippen molar-refractivity contribution >= 4 is 28.9 Å². The molecule has 28 heavy (non-hydrogen) atoms. The van der Waals surface area contributed by atoms with Crippen LogP contribution >= 0.6 is 12.2 Å². The first kappa shape index (κ1) is 18.2. The van der Waals surface area contributed by atoms with E-state index >= 15 is 0 Å². The molecule has 5 heteroatoms. The van der Waals surface area contributed by atoms with Crippen molar-refractivity contribution in [2.24, 2.45) is 0 Å². The highest BCUT2D eigenvalue weighted by Gasteiger charge is 2.18. The van der Waals surface area contributed by atoms with E-state index in [1.165, 1.54) is 22.3 Å². The Morgan fingerprint density at radius 1 is 1.00 bits per heavy atom. The van der Waals surface area contributed by atoms with Crippen LogP contribution in [0.5, 0.6) is 5.75 Å². The van der Waals surface area contributed by atoms with E-state index in [4.69, 9.17) is 17.0 Å². The van der Waals surface area contributed by atoms with E-state index in [0.29, 0.717) is 17.9 Å². The first-order valence-corrected chi connectivity index (χ1v) is 9.61. The predicted molar refractivity (Wildman–Crippen MR) is 116 cm³/mol. The second-order valence-electron chi connectivity index (χ2n) is 6.57. The van der Waals surface area contributed by atoms with Crippen LogP contribution in [-0.4, -0.2) is 17.6 Å². The summed E-state index contributed by atoms with van der Waals surface area (Å²) < 4.78 is 5.44. The lowest BCUT2D eigenvalue weighted by atomic mass is 10.1. The van der Waals surface area contributed by atoms with Gasteiger partial charge in [0.2, 0.25) is 0 Å². The van der Waals surface area contributed by atoms with E-state index < -0.39 is 0 Å². The zero-order valence-electron chi connectivity index (χ0n) is 15.5. The Morgan fingerprint density at radius 2 is 1.82 bits per heavy atom. The Kier molecular flexibility index (Phi) is 5.08. The second kappa shape index (κ2) is 7.82. The van der Waals surface area contributed by atoms with Crippen molar-refractivity contribution in [1.29, 1.82) is 0 Å². The maximum absolute atomic E-state index is 12.4. The van der Waals surface area contributed by atoms with Crippen molar-refractivity contribution in [2.75, 3.05) is 11.9 Å². The Labute approximate surface area is 169 Å². The molecule has 4 nitrogen and oxygen atoms in total. The van der Waals surface area contributed by atoms with Crippen LogP contribution in [0.15, 0.2) is 66.7 Å². The van der Waals surface area contributed by atoms with E-state index in [2.05, 4.69) is 47.0 Å². The van der Waals surface area contributed by atoms with Crippen LogP contribution in [0.25, 0.3) is 11.1 Å². The fourth-order valence-electron chi connectivity index (χ4n) is 3.45. The zero-order valence-corrected chi connectivity index (χ0v) is 16.3. The van der Waals surface area contributed by atoms with Gasteiger partial charge in [-0.15, -0.1) is 0 Å². The number of rotatable bonds is 4. The minimum Gasteiger partial charge on any atom is -0.494 e. The van der Waals surface area contributed by atoms with Crippen molar-refractivity contribution in [2.45, 2.75) is 13.3 Å². The molecule has 1 amide bonds. The molecule has 1 aliphatic carbocycles. The summed E-state index contributed by atoms with van der Waals surface area (Å²) in [6.45, 7) is 2.45. The van der Waals surface area contributed by atoms with Crippen molar-refractivity contribution in [3.63, 3.8) is 0 Å². The molecule has 0 fully saturated rings. The quantitative estimate of drug-likeness (QED) is 0.494. The summed E-state index contributed by atoms with van der Waals surface area (Å²) >= 11 is 5.32. The number of hydrogen-bond donors (Lipinski definition) is 2. The van der Waals surface area contributed by atoms with Crippen LogP contribution in [0.2, 0.25) is 0 Å². The van der Waals surface area contributed by atoms with Gasteiger partial charge in [-0.05, 0) is 78.1 Å². The molecular weight excluding hydrogens is 368 g/mol. The summed E-state index contributed by atoms with van der Waals surface area (Å²) in [4.78, 5) is 12.4. The van der Waals surface area contributed by atoms with Crippen molar-refractivity contribution in [3.05, 3.63) is 83.4 Å². The maximum Gasteiger partial charge on any atom is 0.257 e. The number of carbonyl (C=O) groups excluding carboxylic acids is 1. The normalized spacial score (nSPS) is 11.3. The Bertz CT molecular complexity index is 1060. The van der Waals surface area contributed by atoms with Crippen LogP contribution < -0.4 is 15.4 Å². The van der Waals surface area contributed by atoms with E-state index in [-0.39, 0.29) is 11.0 Å². The number of fused-ring (bicyclic) bond motifs is 3. The molecule has 0 spiro atoms. The van der Waals surface area contributed by atoms with Gasteiger partial charge < -0.3 is 10.1 Å². The average Bonchev–Trinajstić information content (AvgIpc) is 3.06. The first-order valence-electron chi connectivity index (χ1n) is 9.20. The number of benzene rings is 3. The third kappa shape index (κ3) is 3.75. The molecule has 0 saturated heterocycles. The number of nitrogens with one attached hydrogen (secondary N) is 2. The summed E-state index contributed by atoms with van der Waals surface area (Å²) in [5.74, 6) is 0.389. The molecule has 0 heterocycles. The third-order valence-corrected chi connectivity index (χ3v) is 4.89. The van der Waals surface area contributed by atoms with Gasteiger partial charge >= 0.3 is 0 Å². The van der Waals surface area contributed by atoms with E-state index in [1.807, 2.05) is 19.1 Å². The fraction of sp³-hybridized carbons (Fsp3) is 0.130. The first-order chi connectivity index (χ1) is 13.6. The summed E-state index contributed by atoms with van der Waals surface area (Å²) in [6, 6.07) is 21.6. The second-order valence-corrected chi connectivity index (χ2v) is 6.98. The number of thiocarbonyl (C=S) groups is 1. The molecule has 1 aliphatic rings. The van der Waals surface area contributed by atoms with Crippen LogP contribution in [0.1, 0.15) is 28.4 Å². The predicted octanol–water partition coefficient (Wildman–Crippen LogP) is 4.78. The Morgan fingerprint density at radius 3 is 2.68 bits per heavy atom. The number of anilines is 1. The topological polar surface area (TPSA) is 50.4 Å². The largest absolute Gasteiger partial charge is 0.494 e. The minimum absolute atomic E-state index is 0.266. The highest BCUT2D eigenvalue weighted by Crippen LogP contribution is 2.37. The molecule has 2 N–H and O–H groups in total. The van der Waals surface area contributed by atoms with Crippen LogP contribution in [0.3, 0.4) is 0 Å². The minimum atomic E-state index is -0.271. The monoisotopic (exact) mass is 388 g/mol. The Balaban J connectivity index is 1.43.